The molecule has 0 aliphatic carbocycles. The second-order valence-corrected chi connectivity index (χ2v) is 8.93. The fourth-order valence-electron chi connectivity index (χ4n) is 3.51. The van der Waals surface area contributed by atoms with Crippen LogP contribution < -0.4 is 15.4 Å². The highest BCUT2D eigenvalue weighted by Crippen LogP contribution is 2.25. The van der Waals surface area contributed by atoms with Gasteiger partial charge in [-0.3, -0.25) is 4.72 Å². The first-order chi connectivity index (χ1) is 14.5. The Bertz CT molecular complexity index is 1130. The number of anilines is 2. The van der Waals surface area contributed by atoms with Crippen molar-refractivity contribution in [3.63, 3.8) is 0 Å². The number of nitrogens with zero attached hydrogens (tertiary/aromatic N) is 2. The lowest BCUT2D eigenvalue weighted by Crippen LogP contribution is -2.28. The van der Waals surface area contributed by atoms with Crippen LogP contribution in [0.15, 0.2) is 59.5 Å². The van der Waals surface area contributed by atoms with E-state index < -0.39 is 10.0 Å². The zero-order valence-electron chi connectivity index (χ0n) is 16.9. The Balaban J connectivity index is 1.58. The van der Waals surface area contributed by atoms with E-state index in [-0.39, 0.29) is 4.90 Å². The van der Waals surface area contributed by atoms with Gasteiger partial charge in [-0.25, -0.2) is 13.4 Å². The standard InChI is InChI=1S/C22H25N5O2S/c1-16-7-5-6-10-20(16)30(28,29)27-21-18-15-23-13-12-19(18)25-22(26-21)24-14-11-17-8-3-2-4-9-17/h2-10,23H,11-15H2,1H3,(H2,24,25,26,27). The van der Waals surface area contributed by atoms with Crippen LogP contribution in [0.5, 0.6) is 0 Å². The zero-order valence-corrected chi connectivity index (χ0v) is 17.7. The average molecular weight is 424 g/mol. The molecule has 3 aromatic rings. The van der Waals surface area contributed by atoms with E-state index in [1.165, 1.54) is 5.56 Å². The summed E-state index contributed by atoms with van der Waals surface area (Å²) >= 11 is 0. The van der Waals surface area contributed by atoms with E-state index in [0.29, 0.717) is 30.4 Å². The molecule has 0 fully saturated rings. The maximum absolute atomic E-state index is 13.0. The van der Waals surface area contributed by atoms with Crippen molar-refractivity contribution in [2.24, 2.45) is 0 Å². The van der Waals surface area contributed by atoms with E-state index in [2.05, 4.69) is 37.5 Å². The average Bonchev–Trinajstić information content (AvgIpc) is 2.74. The Kier molecular flexibility index (Phi) is 5.96. The van der Waals surface area contributed by atoms with Gasteiger partial charge in [-0.1, -0.05) is 48.5 Å². The highest BCUT2D eigenvalue weighted by atomic mass is 32.2. The van der Waals surface area contributed by atoms with Crippen LogP contribution in [0, 0.1) is 6.92 Å². The maximum Gasteiger partial charge on any atom is 0.263 e. The van der Waals surface area contributed by atoms with Crippen LogP contribution in [0.25, 0.3) is 0 Å². The molecule has 0 atom stereocenters. The van der Waals surface area contributed by atoms with E-state index in [4.69, 9.17) is 0 Å². The van der Waals surface area contributed by atoms with Gasteiger partial charge < -0.3 is 10.6 Å². The molecular weight excluding hydrogens is 398 g/mol. The summed E-state index contributed by atoms with van der Waals surface area (Å²) in [4.78, 5) is 9.38. The smallest absolute Gasteiger partial charge is 0.263 e. The van der Waals surface area contributed by atoms with Gasteiger partial charge in [-0.05, 0) is 30.5 Å². The van der Waals surface area contributed by atoms with Crippen LogP contribution >= 0.6 is 0 Å². The Labute approximate surface area is 177 Å². The molecule has 1 aliphatic heterocycles. The van der Waals surface area contributed by atoms with E-state index >= 15 is 0 Å². The number of fused-ring (bicyclic) bond motifs is 1. The van der Waals surface area contributed by atoms with Crippen molar-refractivity contribution in [1.29, 1.82) is 0 Å². The first-order valence-corrected chi connectivity index (χ1v) is 11.5. The normalized spacial score (nSPS) is 13.5. The summed E-state index contributed by atoms with van der Waals surface area (Å²) in [6.45, 7) is 3.77. The molecule has 7 nitrogen and oxygen atoms in total. The second kappa shape index (κ2) is 8.81. The molecule has 0 saturated heterocycles. The fraction of sp³-hybridized carbons (Fsp3) is 0.273. The van der Waals surface area contributed by atoms with Gasteiger partial charge in [0.15, 0.2) is 0 Å². The lowest BCUT2D eigenvalue weighted by Gasteiger charge is -2.21. The summed E-state index contributed by atoms with van der Waals surface area (Å²) in [5.41, 5.74) is 3.57. The molecule has 0 unspecified atom stereocenters. The quantitative estimate of drug-likeness (QED) is 0.541. The minimum absolute atomic E-state index is 0.250. The van der Waals surface area contributed by atoms with Crippen molar-refractivity contribution < 1.29 is 8.42 Å². The Morgan fingerprint density at radius 3 is 2.60 bits per heavy atom. The number of aromatic nitrogens is 2. The van der Waals surface area contributed by atoms with Gasteiger partial charge in [0.1, 0.15) is 5.82 Å². The monoisotopic (exact) mass is 423 g/mol. The van der Waals surface area contributed by atoms with E-state index in [1.807, 2.05) is 24.3 Å². The molecule has 156 valence electrons. The molecule has 1 aliphatic rings. The van der Waals surface area contributed by atoms with E-state index in [1.54, 1.807) is 25.1 Å². The number of rotatable bonds is 7. The third-order valence-corrected chi connectivity index (χ3v) is 6.59. The summed E-state index contributed by atoms with van der Waals surface area (Å²) < 4.78 is 28.7. The summed E-state index contributed by atoms with van der Waals surface area (Å²) in [5.74, 6) is 0.770. The molecule has 8 heteroatoms. The number of benzene rings is 2. The van der Waals surface area contributed by atoms with Crippen LogP contribution in [-0.2, 0) is 29.4 Å². The minimum Gasteiger partial charge on any atom is -0.354 e. The van der Waals surface area contributed by atoms with E-state index in [0.717, 1.165) is 30.6 Å². The molecule has 0 amide bonds. The molecule has 4 rings (SSSR count). The number of aryl methyl sites for hydroxylation is 1. The lowest BCUT2D eigenvalue weighted by molar-refractivity contribution is 0.599. The lowest BCUT2D eigenvalue weighted by atomic mass is 10.1. The number of sulfonamides is 1. The SMILES string of the molecule is Cc1ccccc1S(=O)(=O)Nc1nc(NCCc2ccccc2)nc2c1CNCC2. The first kappa shape index (κ1) is 20.3. The third-order valence-electron chi connectivity index (χ3n) is 5.09. The zero-order chi connectivity index (χ0) is 21.0. The molecule has 30 heavy (non-hydrogen) atoms. The van der Waals surface area contributed by atoms with Crippen LogP contribution in [-0.4, -0.2) is 31.5 Å². The van der Waals surface area contributed by atoms with Crippen molar-refractivity contribution in [2.75, 3.05) is 23.1 Å². The van der Waals surface area contributed by atoms with Crippen molar-refractivity contribution in [3.05, 3.63) is 77.0 Å². The largest absolute Gasteiger partial charge is 0.354 e. The molecule has 0 bridgehead atoms. The molecule has 3 N–H and O–H groups in total. The predicted octanol–water partition coefficient (Wildman–Crippen LogP) is 2.89. The van der Waals surface area contributed by atoms with Crippen molar-refractivity contribution >= 4 is 21.8 Å². The van der Waals surface area contributed by atoms with E-state index in [9.17, 15) is 8.42 Å². The Morgan fingerprint density at radius 1 is 1.03 bits per heavy atom. The summed E-state index contributed by atoms with van der Waals surface area (Å²) in [7, 11) is -3.75. The Hall–Kier alpha value is -2.97. The second-order valence-electron chi connectivity index (χ2n) is 7.28. The van der Waals surface area contributed by atoms with Gasteiger partial charge >= 0.3 is 0 Å². The van der Waals surface area contributed by atoms with Gasteiger partial charge in [-0.15, -0.1) is 0 Å². The highest BCUT2D eigenvalue weighted by Gasteiger charge is 2.23. The van der Waals surface area contributed by atoms with Crippen molar-refractivity contribution in [1.82, 2.24) is 15.3 Å². The van der Waals surface area contributed by atoms with Crippen LogP contribution in [0.2, 0.25) is 0 Å². The topological polar surface area (TPSA) is 96.0 Å². The van der Waals surface area contributed by atoms with Gasteiger partial charge in [0.2, 0.25) is 5.95 Å². The number of hydrogen-bond acceptors (Lipinski definition) is 6. The van der Waals surface area contributed by atoms with Crippen molar-refractivity contribution in [2.45, 2.75) is 31.2 Å². The Morgan fingerprint density at radius 2 is 1.80 bits per heavy atom. The van der Waals surface area contributed by atoms with Gasteiger partial charge in [-0.2, -0.15) is 4.98 Å². The molecular formula is C22H25N5O2S. The maximum atomic E-state index is 13.0. The van der Waals surface area contributed by atoms with Crippen molar-refractivity contribution in [3.8, 4) is 0 Å². The van der Waals surface area contributed by atoms with Gasteiger partial charge in [0.25, 0.3) is 10.0 Å². The summed E-state index contributed by atoms with van der Waals surface area (Å²) in [6.07, 6.45) is 1.55. The van der Waals surface area contributed by atoms with Gasteiger partial charge in [0, 0.05) is 31.6 Å². The molecule has 2 heterocycles. The summed E-state index contributed by atoms with van der Waals surface area (Å²) in [6, 6.07) is 17.1. The first-order valence-electron chi connectivity index (χ1n) is 10.00. The fourth-order valence-corrected chi connectivity index (χ4v) is 4.79. The molecule has 0 saturated carbocycles. The predicted molar refractivity (Wildman–Crippen MR) is 118 cm³/mol. The van der Waals surface area contributed by atoms with Gasteiger partial charge in [0.05, 0.1) is 10.6 Å². The molecule has 0 radical (unpaired) electrons. The molecule has 1 aromatic heterocycles. The van der Waals surface area contributed by atoms with Crippen LogP contribution in [0.1, 0.15) is 22.4 Å². The molecule has 2 aromatic carbocycles. The highest BCUT2D eigenvalue weighted by molar-refractivity contribution is 7.92. The summed E-state index contributed by atoms with van der Waals surface area (Å²) in [5, 5.41) is 6.51. The molecule has 0 spiro atoms. The van der Waals surface area contributed by atoms with Crippen LogP contribution in [0.4, 0.5) is 11.8 Å². The number of nitrogens with one attached hydrogen (secondary N) is 3. The van der Waals surface area contributed by atoms with Crippen LogP contribution in [0.3, 0.4) is 0 Å². The number of hydrogen-bond donors (Lipinski definition) is 3. The third kappa shape index (κ3) is 4.60. The minimum atomic E-state index is -3.75.